The molecular weight excluding hydrogens is 472 g/mol. The Kier molecular flexibility index (Phi) is 6.30. The Morgan fingerprint density at radius 3 is 1.67 bits per heavy atom. The molecule has 33 heavy (non-hydrogen) atoms. The highest BCUT2D eigenvalue weighted by molar-refractivity contribution is 7.03. The van der Waals surface area contributed by atoms with E-state index in [1.165, 1.54) is 34.2 Å². The molecule has 2 aromatic heterocycles. The number of nitrogens with zero attached hydrogens (tertiary/aromatic N) is 5. The second kappa shape index (κ2) is 9.66. The van der Waals surface area contributed by atoms with Crippen LogP contribution >= 0.6 is 34.7 Å². The first-order chi connectivity index (χ1) is 16.2. The lowest BCUT2D eigenvalue weighted by molar-refractivity contribution is 0.800. The van der Waals surface area contributed by atoms with Gasteiger partial charge in [0.25, 0.3) is 0 Å². The maximum absolute atomic E-state index is 6.59. The van der Waals surface area contributed by atoms with Crippen molar-refractivity contribution in [2.24, 2.45) is 0 Å². The molecule has 5 aromatic rings. The van der Waals surface area contributed by atoms with Crippen molar-refractivity contribution in [3.8, 4) is 22.5 Å². The number of aromatic nitrogens is 4. The molecule has 5 rings (SSSR count). The van der Waals surface area contributed by atoms with E-state index in [1.807, 2.05) is 22.9 Å². The first-order valence-corrected chi connectivity index (χ1v) is 12.2. The van der Waals surface area contributed by atoms with Crippen LogP contribution in [0.5, 0.6) is 0 Å². The first kappa shape index (κ1) is 21.5. The molecule has 0 spiro atoms. The van der Waals surface area contributed by atoms with Crippen LogP contribution in [0, 0.1) is 0 Å². The van der Waals surface area contributed by atoms with Gasteiger partial charge in [-0.15, -0.1) is 10.2 Å². The Bertz CT molecular complexity index is 1240. The van der Waals surface area contributed by atoms with E-state index in [2.05, 4.69) is 72.6 Å². The van der Waals surface area contributed by atoms with E-state index < -0.39 is 0 Å². The predicted molar refractivity (Wildman–Crippen MR) is 136 cm³/mol. The number of hydrogen-bond acceptors (Lipinski definition) is 8. The number of nitrogen functional groups attached to an aromatic ring is 1. The lowest BCUT2D eigenvalue weighted by Gasteiger charge is -2.26. The summed E-state index contributed by atoms with van der Waals surface area (Å²) in [4.78, 5) is 2.25. The van der Waals surface area contributed by atoms with Gasteiger partial charge in [0.15, 0.2) is 0 Å². The summed E-state index contributed by atoms with van der Waals surface area (Å²) in [5.41, 5.74) is 13.7. The molecule has 0 aliphatic heterocycles. The van der Waals surface area contributed by atoms with Gasteiger partial charge in [-0.25, -0.2) is 0 Å². The topological polar surface area (TPSA) is 80.8 Å². The molecule has 0 amide bonds. The van der Waals surface area contributed by atoms with Crippen molar-refractivity contribution in [3.63, 3.8) is 0 Å². The fourth-order valence-electron chi connectivity index (χ4n) is 3.59. The zero-order valence-corrected chi connectivity index (χ0v) is 19.8. The van der Waals surface area contributed by atoms with Crippen molar-refractivity contribution >= 4 is 46.0 Å². The molecule has 164 valence electrons. The van der Waals surface area contributed by atoms with Crippen LogP contribution in [0.3, 0.4) is 0 Å². The average molecular weight is 491 g/mol. The smallest absolute Gasteiger partial charge is 0.105 e. The van der Waals surface area contributed by atoms with Gasteiger partial charge >= 0.3 is 0 Å². The molecular formula is C24H19ClN6S2. The second-order valence-corrected chi connectivity index (χ2v) is 9.17. The van der Waals surface area contributed by atoms with E-state index in [0.717, 1.165) is 28.2 Å². The van der Waals surface area contributed by atoms with Gasteiger partial charge < -0.3 is 10.6 Å². The molecule has 0 unspecified atom stereocenters. The van der Waals surface area contributed by atoms with Crippen LogP contribution in [-0.2, 0) is 13.1 Å². The van der Waals surface area contributed by atoms with E-state index in [-0.39, 0.29) is 0 Å². The summed E-state index contributed by atoms with van der Waals surface area (Å²) in [6, 6.07) is 22.4. The van der Waals surface area contributed by atoms with Crippen molar-refractivity contribution < 1.29 is 0 Å². The van der Waals surface area contributed by atoms with Gasteiger partial charge in [0.05, 0.1) is 10.7 Å². The lowest BCUT2D eigenvalue weighted by atomic mass is 10.1. The van der Waals surface area contributed by atoms with E-state index in [9.17, 15) is 0 Å². The van der Waals surface area contributed by atoms with Crippen molar-refractivity contribution in [1.29, 1.82) is 0 Å². The summed E-state index contributed by atoms with van der Waals surface area (Å²) >= 11 is 9.29. The number of anilines is 2. The van der Waals surface area contributed by atoms with Gasteiger partial charge in [0.1, 0.15) is 11.4 Å². The fraction of sp³-hybridized carbons (Fsp3) is 0.0833. The third-order valence-corrected chi connectivity index (χ3v) is 6.59. The number of halogens is 1. The maximum Gasteiger partial charge on any atom is 0.105 e. The molecule has 0 saturated heterocycles. The van der Waals surface area contributed by atoms with E-state index in [4.69, 9.17) is 17.3 Å². The zero-order chi connectivity index (χ0) is 22.6. The minimum Gasteiger partial charge on any atom is -0.399 e. The van der Waals surface area contributed by atoms with Crippen LogP contribution in [-0.4, -0.2) is 19.2 Å². The first-order valence-electron chi connectivity index (χ1n) is 10.2. The minimum atomic E-state index is 0.630. The van der Waals surface area contributed by atoms with Gasteiger partial charge in [-0.1, -0.05) is 69.1 Å². The molecule has 0 atom stereocenters. The van der Waals surface area contributed by atoms with Crippen molar-refractivity contribution in [1.82, 2.24) is 19.2 Å². The van der Waals surface area contributed by atoms with Gasteiger partial charge in [0, 0.05) is 40.7 Å². The largest absolute Gasteiger partial charge is 0.399 e. The summed E-state index contributed by atoms with van der Waals surface area (Å²) < 4.78 is 7.89. The normalized spacial score (nSPS) is 10.9. The Morgan fingerprint density at radius 2 is 1.24 bits per heavy atom. The molecule has 0 saturated carbocycles. The fourth-order valence-corrected chi connectivity index (χ4v) is 4.83. The Morgan fingerprint density at radius 1 is 0.727 bits per heavy atom. The Labute approximate surface area is 204 Å². The molecule has 0 fully saturated rings. The molecule has 0 radical (unpaired) electrons. The van der Waals surface area contributed by atoms with Gasteiger partial charge in [-0.2, -0.15) is 0 Å². The third-order valence-electron chi connectivity index (χ3n) is 5.28. The Balaban J connectivity index is 1.41. The standard InChI is InChI=1S/C24H19ClN6S2/c25-21-11-20(26)9-10-24(21)31(12-16-1-5-18(6-2-16)22-14-32-29-27-22)13-17-3-7-19(8-4-17)23-15-33-30-28-23/h1-11,14-15H,12-13,26H2. The van der Waals surface area contributed by atoms with Gasteiger partial charge in [-0.05, 0) is 52.4 Å². The summed E-state index contributed by atoms with van der Waals surface area (Å²) in [7, 11) is 0. The highest BCUT2D eigenvalue weighted by Crippen LogP contribution is 2.31. The summed E-state index contributed by atoms with van der Waals surface area (Å²) in [6.45, 7) is 1.38. The van der Waals surface area contributed by atoms with Crippen LogP contribution in [0.4, 0.5) is 11.4 Å². The lowest BCUT2D eigenvalue weighted by Crippen LogP contribution is -2.22. The quantitative estimate of drug-likeness (QED) is 0.275. The summed E-state index contributed by atoms with van der Waals surface area (Å²) in [5, 5.41) is 12.8. The van der Waals surface area contributed by atoms with Crippen LogP contribution in [0.15, 0.2) is 77.5 Å². The van der Waals surface area contributed by atoms with Crippen LogP contribution in [0.25, 0.3) is 22.5 Å². The molecule has 2 N–H and O–H groups in total. The predicted octanol–water partition coefficient (Wildman–Crippen LogP) is 6.17. The number of hydrogen-bond donors (Lipinski definition) is 1. The molecule has 6 nitrogen and oxygen atoms in total. The van der Waals surface area contributed by atoms with Crippen molar-refractivity contribution in [2.75, 3.05) is 10.6 Å². The Hall–Kier alpha value is -3.33. The van der Waals surface area contributed by atoms with Crippen molar-refractivity contribution in [3.05, 3.63) is 93.6 Å². The summed E-state index contributed by atoms with van der Waals surface area (Å²) in [5.74, 6) is 0. The van der Waals surface area contributed by atoms with Crippen molar-refractivity contribution in [2.45, 2.75) is 13.1 Å². The van der Waals surface area contributed by atoms with E-state index in [1.54, 1.807) is 6.07 Å². The number of benzene rings is 3. The maximum atomic E-state index is 6.59. The number of nitrogens with two attached hydrogens (primary N) is 1. The van der Waals surface area contributed by atoms with Gasteiger partial charge in [-0.3, -0.25) is 0 Å². The summed E-state index contributed by atoms with van der Waals surface area (Å²) in [6.07, 6.45) is 0. The van der Waals surface area contributed by atoms with E-state index >= 15 is 0 Å². The molecule has 0 bridgehead atoms. The monoisotopic (exact) mass is 490 g/mol. The third kappa shape index (κ3) is 5.03. The molecule has 3 aromatic carbocycles. The molecule has 9 heteroatoms. The molecule has 2 heterocycles. The van der Waals surface area contributed by atoms with Crippen LogP contribution in [0.2, 0.25) is 5.02 Å². The second-order valence-electron chi connectivity index (χ2n) is 7.54. The minimum absolute atomic E-state index is 0.630. The zero-order valence-electron chi connectivity index (χ0n) is 17.4. The van der Waals surface area contributed by atoms with Crippen LogP contribution in [0.1, 0.15) is 11.1 Å². The molecule has 0 aliphatic rings. The van der Waals surface area contributed by atoms with Crippen LogP contribution < -0.4 is 10.6 Å². The highest BCUT2D eigenvalue weighted by Gasteiger charge is 2.13. The SMILES string of the molecule is Nc1ccc(N(Cc2ccc(-c3csnn3)cc2)Cc2ccc(-c3csnn3)cc2)c(Cl)c1. The number of rotatable bonds is 7. The average Bonchev–Trinajstić information content (AvgIpc) is 3.55. The van der Waals surface area contributed by atoms with Gasteiger partial charge in [0.2, 0.25) is 0 Å². The molecule has 0 aliphatic carbocycles. The highest BCUT2D eigenvalue weighted by atomic mass is 35.5. The van der Waals surface area contributed by atoms with E-state index in [0.29, 0.717) is 23.8 Å².